The van der Waals surface area contributed by atoms with Gasteiger partial charge >= 0.3 is 0 Å². The van der Waals surface area contributed by atoms with Crippen LogP contribution in [0, 0.1) is 6.92 Å². The highest BCUT2D eigenvalue weighted by Gasteiger charge is 2.12. The van der Waals surface area contributed by atoms with Gasteiger partial charge < -0.3 is 15.4 Å². The number of rotatable bonds is 7. The summed E-state index contributed by atoms with van der Waals surface area (Å²) in [5, 5.41) is 6.10. The van der Waals surface area contributed by atoms with Crippen molar-refractivity contribution in [2.75, 3.05) is 17.2 Å². The third-order valence-electron chi connectivity index (χ3n) is 3.50. The first-order valence-corrected chi connectivity index (χ1v) is 8.18. The number of nitrogens with zero attached hydrogens (tertiary/aromatic N) is 2. The molecule has 0 saturated heterocycles. The van der Waals surface area contributed by atoms with Gasteiger partial charge in [-0.2, -0.15) is 0 Å². The van der Waals surface area contributed by atoms with Gasteiger partial charge in [-0.1, -0.05) is 6.92 Å². The normalized spacial score (nSPS) is 11.7. The summed E-state index contributed by atoms with van der Waals surface area (Å²) in [4.78, 5) is 21.0. The molecular formula is C18H24N4O2. The van der Waals surface area contributed by atoms with E-state index in [2.05, 4.69) is 34.4 Å². The van der Waals surface area contributed by atoms with Gasteiger partial charge in [0, 0.05) is 17.8 Å². The van der Waals surface area contributed by atoms with Crippen molar-refractivity contribution in [2.45, 2.75) is 40.2 Å². The maximum atomic E-state index is 12.4. The van der Waals surface area contributed by atoms with Crippen LogP contribution in [0.3, 0.4) is 0 Å². The average Bonchev–Trinajstić information content (AvgIpc) is 2.56. The summed E-state index contributed by atoms with van der Waals surface area (Å²) >= 11 is 0. The fourth-order valence-corrected chi connectivity index (χ4v) is 2.11. The highest BCUT2D eigenvalue weighted by Crippen LogP contribution is 2.17. The van der Waals surface area contributed by atoms with Crippen LogP contribution >= 0.6 is 0 Å². The van der Waals surface area contributed by atoms with Crippen molar-refractivity contribution in [3.05, 3.63) is 41.9 Å². The third-order valence-corrected chi connectivity index (χ3v) is 3.50. The third kappa shape index (κ3) is 4.94. The molecule has 0 bridgehead atoms. The summed E-state index contributed by atoms with van der Waals surface area (Å²) in [5.74, 6) is 1.72. The number of aromatic nitrogens is 2. The molecule has 0 aliphatic heterocycles. The largest absolute Gasteiger partial charge is 0.494 e. The molecule has 2 N–H and O–H groups in total. The van der Waals surface area contributed by atoms with Gasteiger partial charge in [-0.15, -0.1) is 0 Å². The van der Waals surface area contributed by atoms with Gasteiger partial charge in [0.15, 0.2) is 0 Å². The Morgan fingerprint density at radius 2 is 1.92 bits per heavy atom. The van der Waals surface area contributed by atoms with Crippen molar-refractivity contribution in [1.29, 1.82) is 0 Å². The lowest BCUT2D eigenvalue weighted by Crippen LogP contribution is -2.18. The predicted octanol–water partition coefficient (Wildman–Crippen LogP) is 3.65. The van der Waals surface area contributed by atoms with Gasteiger partial charge in [0.1, 0.15) is 23.1 Å². The van der Waals surface area contributed by atoms with Crippen molar-refractivity contribution in [1.82, 2.24) is 9.97 Å². The topological polar surface area (TPSA) is 76.1 Å². The van der Waals surface area contributed by atoms with Crippen LogP contribution in [-0.4, -0.2) is 28.5 Å². The molecule has 128 valence electrons. The molecule has 0 fully saturated rings. The van der Waals surface area contributed by atoms with Crippen LogP contribution in [0.5, 0.6) is 5.75 Å². The maximum absolute atomic E-state index is 12.4. The molecule has 0 saturated carbocycles. The van der Waals surface area contributed by atoms with Gasteiger partial charge in [-0.3, -0.25) is 4.79 Å². The molecule has 0 radical (unpaired) electrons. The number of benzene rings is 1. The number of aryl methyl sites for hydroxylation is 1. The summed E-state index contributed by atoms with van der Waals surface area (Å²) in [5.41, 5.74) is 1.03. The molecule has 0 aliphatic carbocycles. The number of ether oxygens (including phenoxy) is 1. The highest BCUT2D eigenvalue weighted by atomic mass is 16.5. The standard InChI is InChI=1S/C18H24N4O2/c1-5-12(3)19-17-11-16(20-13(4)21-17)18(23)22-14-7-9-15(10-8-14)24-6-2/h7-12H,5-6H2,1-4H3,(H,22,23)(H,19,20,21). The van der Waals surface area contributed by atoms with E-state index in [-0.39, 0.29) is 11.9 Å². The van der Waals surface area contributed by atoms with E-state index in [1.165, 1.54) is 0 Å². The zero-order valence-corrected chi connectivity index (χ0v) is 14.6. The number of anilines is 2. The Hall–Kier alpha value is -2.63. The quantitative estimate of drug-likeness (QED) is 0.811. The summed E-state index contributed by atoms with van der Waals surface area (Å²) < 4.78 is 5.39. The summed E-state index contributed by atoms with van der Waals surface area (Å²) in [6.45, 7) is 8.47. The van der Waals surface area contributed by atoms with E-state index >= 15 is 0 Å². The van der Waals surface area contributed by atoms with Crippen molar-refractivity contribution in [3.8, 4) is 5.75 Å². The van der Waals surface area contributed by atoms with Crippen LogP contribution in [0.25, 0.3) is 0 Å². The van der Waals surface area contributed by atoms with Crippen molar-refractivity contribution in [3.63, 3.8) is 0 Å². The van der Waals surface area contributed by atoms with Crippen molar-refractivity contribution < 1.29 is 9.53 Å². The van der Waals surface area contributed by atoms with E-state index in [4.69, 9.17) is 4.74 Å². The van der Waals surface area contributed by atoms with Crippen molar-refractivity contribution >= 4 is 17.4 Å². The van der Waals surface area contributed by atoms with E-state index in [0.717, 1.165) is 12.2 Å². The second-order valence-electron chi connectivity index (χ2n) is 5.55. The first kappa shape index (κ1) is 17.7. The minimum Gasteiger partial charge on any atom is -0.494 e. The SMILES string of the molecule is CCOc1ccc(NC(=O)c2cc(NC(C)CC)nc(C)n2)cc1. The Bertz CT molecular complexity index is 686. The lowest BCUT2D eigenvalue weighted by molar-refractivity contribution is 0.102. The van der Waals surface area contributed by atoms with E-state index in [0.29, 0.717) is 29.6 Å². The van der Waals surface area contributed by atoms with Crippen LogP contribution in [0.15, 0.2) is 30.3 Å². The zero-order valence-electron chi connectivity index (χ0n) is 14.6. The lowest BCUT2D eigenvalue weighted by atomic mass is 10.2. The molecule has 1 heterocycles. The van der Waals surface area contributed by atoms with Gasteiger partial charge in [0.05, 0.1) is 6.61 Å². The Morgan fingerprint density at radius 3 is 2.54 bits per heavy atom. The Kier molecular flexibility index (Phi) is 6.12. The van der Waals surface area contributed by atoms with Gasteiger partial charge in [-0.25, -0.2) is 9.97 Å². The summed E-state index contributed by atoms with van der Waals surface area (Å²) in [6.07, 6.45) is 0.969. The molecule has 1 atom stereocenters. The smallest absolute Gasteiger partial charge is 0.274 e. The fraction of sp³-hybridized carbons (Fsp3) is 0.389. The molecule has 1 unspecified atom stereocenters. The molecule has 1 amide bonds. The molecule has 0 spiro atoms. The van der Waals surface area contributed by atoms with E-state index < -0.39 is 0 Å². The van der Waals surface area contributed by atoms with Gasteiger partial charge in [0.25, 0.3) is 5.91 Å². The monoisotopic (exact) mass is 328 g/mol. The van der Waals surface area contributed by atoms with Crippen LogP contribution in [0.2, 0.25) is 0 Å². The van der Waals surface area contributed by atoms with Crippen LogP contribution in [0.1, 0.15) is 43.5 Å². The molecule has 6 heteroatoms. The summed E-state index contributed by atoms with van der Waals surface area (Å²) in [6, 6.07) is 9.19. The zero-order chi connectivity index (χ0) is 17.5. The van der Waals surface area contributed by atoms with Gasteiger partial charge in [0.2, 0.25) is 0 Å². The molecule has 0 aliphatic rings. The maximum Gasteiger partial charge on any atom is 0.274 e. The van der Waals surface area contributed by atoms with Crippen LogP contribution < -0.4 is 15.4 Å². The molecule has 6 nitrogen and oxygen atoms in total. The second-order valence-corrected chi connectivity index (χ2v) is 5.55. The molecule has 2 rings (SSSR count). The number of hydrogen-bond donors (Lipinski definition) is 2. The fourth-order valence-electron chi connectivity index (χ4n) is 2.11. The van der Waals surface area contributed by atoms with E-state index in [1.807, 2.05) is 19.1 Å². The molecule has 24 heavy (non-hydrogen) atoms. The first-order valence-electron chi connectivity index (χ1n) is 8.18. The van der Waals surface area contributed by atoms with Crippen LogP contribution in [-0.2, 0) is 0 Å². The minimum atomic E-state index is -0.267. The van der Waals surface area contributed by atoms with Crippen molar-refractivity contribution in [2.24, 2.45) is 0 Å². The average molecular weight is 328 g/mol. The lowest BCUT2D eigenvalue weighted by Gasteiger charge is -2.13. The number of carbonyl (C=O) groups is 1. The number of nitrogens with one attached hydrogen (secondary N) is 2. The van der Waals surface area contributed by atoms with Gasteiger partial charge in [-0.05, 0) is 51.5 Å². The Morgan fingerprint density at radius 1 is 1.21 bits per heavy atom. The number of carbonyl (C=O) groups excluding carboxylic acids is 1. The Balaban J connectivity index is 2.11. The molecular weight excluding hydrogens is 304 g/mol. The Labute approximate surface area is 142 Å². The second kappa shape index (κ2) is 8.29. The first-order chi connectivity index (χ1) is 11.5. The van der Waals surface area contributed by atoms with E-state index in [1.54, 1.807) is 25.1 Å². The predicted molar refractivity (Wildman–Crippen MR) is 95.7 cm³/mol. The molecule has 1 aromatic heterocycles. The minimum absolute atomic E-state index is 0.267. The molecule has 2 aromatic rings. The number of hydrogen-bond acceptors (Lipinski definition) is 5. The summed E-state index contributed by atoms with van der Waals surface area (Å²) in [7, 11) is 0. The highest BCUT2D eigenvalue weighted by molar-refractivity contribution is 6.03. The molecule has 1 aromatic carbocycles. The number of amides is 1. The van der Waals surface area contributed by atoms with E-state index in [9.17, 15) is 4.79 Å². The van der Waals surface area contributed by atoms with Crippen LogP contribution in [0.4, 0.5) is 11.5 Å².